The summed E-state index contributed by atoms with van der Waals surface area (Å²) in [6.45, 7) is 10.4. The highest BCUT2D eigenvalue weighted by Crippen LogP contribution is 2.17. The monoisotopic (exact) mass is 256 g/mol. The molecule has 0 aromatic carbocycles. The Kier molecular flexibility index (Phi) is 4.12. The van der Waals surface area contributed by atoms with Gasteiger partial charge in [0.05, 0.1) is 13.2 Å². The van der Waals surface area contributed by atoms with E-state index in [0.29, 0.717) is 11.8 Å². The molecule has 0 aromatic rings. The van der Waals surface area contributed by atoms with Crippen LogP contribution in [0.4, 0.5) is 4.79 Å². The number of ether oxygens (including phenoxy) is 2. The highest BCUT2D eigenvalue weighted by molar-refractivity contribution is 5.68. The Bertz CT molecular complexity index is 277. The molecule has 104 valence electrons. The molecule has 0 aliphatic carbocycles. The Balaban J connectivity index is 2.01. The molecule has 2 unspecified atom stereocenters. The Morgan fingerprint density at radius 2 is 1.78 bits per heavy atom. The number of carbonyl (C=O) groups is 1. The smallest absolute Gasteiger partial charge is 0.410 e. The summed E-state index contributed by atoms with van der Waals surface area (Å²) in [5.74, 6) is 0.720. The molecule has 3 fully saturated rings. The third-order valence-electron chi connectivity index (χ3n) is 3.18. The van der Waals surface area contributed by atoms with Crippen molar-refractivity contribution in [1.82, 2.24) is 10.2 Å². The van der Waals surface area contributed by atoms with Crippen LogP contribution in [0, 0.1) is 11.8 Å². The molecule has 2 bridgehead atoms. The maximum atomic E-state index is 12.2. The first-order valence-electron chi connectivity index (χ1n) is 6.70. The van der Waals surface area contributed by atoms with Crippen LogP contribution in [0.1, 0.15) is 20.8 Å². The van der Waals surface area contributed by atoms with E-state index in [9.17, 15) is 4.79 Å². The average Bonchev–Trinajstić information content (AvgIpc) is 2.10. The zero-order valence-corrected chi connectivity index (χ0v) is 11.6. The van der Waals surface area contributed by atoms with Gasteiger partial charge in [0.2, 0.25) is 0 Å². The van der Waals surface area contributed by atoms with Crippen LogP contribution in [0.3, 0.4) is 0 Å². The highest BCUT2D eigenvalue weighted by Gasteiger charge is 2.30. The predicted molar refractivity (Wildman–Crippen MR) is 68.5 cm³/mol. The van der Waals surface area contributed by atoms with Crippen LogP contribution in [0.15, 0.2) is 0 Å². The first kappa shape index (κ1) is 13.6. The molecule has 0 saturated carbocycles. The average molecular weight is 256 g/mol. The van der Waals surface area contributed by atoms with Gasteiger partial charge in [-0.2, -0.15) is 0 Å². The number of nitrogens with zero attached hydrogens (tertiary/aromatic N) is 1. The maximum absolute atomic E-state index is 12.2. The number of rotatable bonds is 0. The molecule has 3 heterocycles. The van der Waals surface area contributed by atoms with E-state index in [0.717, 1.165) is 39.4 Å². The maximum Gasteiger partial charge on any atom is 0.410 e. The lowest BCUT2D eigenvalue weighted by molar-refractivity contribution is -0.0156. The Morgan fingerprint density at radius 3 is 2.28 bits per heavy atom. The first-order chi connectivity index (χ1) is 8.44. The van der Waals surface area contributed by atoms with E-state index in [1.165, 1.54) is 0 Å². The van der Waals surface area contributed by atoms with Crippen molar-refractivity contribution < 1.29 is 14.3 Å². The van der Waals surface area contributed by atoms with E-state index in [1.807, 2.05) is 25.7 Å². The van der Waals surface area contributed by atoms with Gasteiger partial charge >= 0.3 is 6.09 Å². The lowest BCUT2D eigenvalue weighted by Crippen LogP contribution is -2.51. The number of hydrogen-bond donors (Lipinski definition) is 1. The van der Waals surface area contributed by atoms with Crippen molar-refractivity contribution in [3.8, 4) is 0 Å². The van der Waals surface area contributed by atoms with E-state index < -0.39 is 5.60 Å². The van der Waals surface area contributed by atoms with E-state index >= 15 is 0 Å². The summed E-state index contributed by atoms with van der Waals surface area (Å²) in [5, 5.41) is 3.44. The van der Waals surface area contributed by atoms with Crippen LogP contribution in [0.25, 0.3) is 0 Å². The minimum Gasteiger partial charge on any atom is -0.444 e. The largest absolute Gasteiger partial charge is 0.444 e. The van der Waals surface area contributed by atoms with Crippen LogP contribution in [0.5, 0.6) is 0 Å². The third kappa shape index (κ3) is 3.85. The number of amides is 1. The fraction of sp³-hybridized carbons (Fsp3) is 0.923. The SMILES string of the molecule is CC(C)(C)OC(=O)N1CC2CNCC(COC2)C1. The summed E-state index contributed by atoms with van der Waals surface area (Å²) >= 11 is 0. The molecule has 1 N–H and O–H groups in total. The molecule has 5 nitrogen and oxygen atoms in total. The topological polar surface area (TPSA) is 50.8 Å². The van der Waals surface area contributed by atoms with Crippen molar-refractivity contribution in [2.75, 3.05) is 39.4 Å². The summed E-state index contributed by atoms with van der Waals surface area (Å²) in [4.78, 5) is 14.0. The number of hydrogen-bond acceptors (Lipinski definition) is 4. The van der Waals surface area contributed by atoms with Crippen LogP contribution in [0.2, 0.25) is 0 Å². The molecule has 0 radical (unpaired) electrons. The normalized spacial score (nSPS) is 29.4. The van der Waals surface area contributed by atoms with Crippen LogP contribution in [-0.4, -0.2) is 56.0 Å². The number of carbonyl (C=O) groups excluding carboxylic acids is 1. The Labute approximate surface area is 109 Å². The minimum absolute atomic E-state index is 0.193. The molecule has 3 aliphatic heterocycles. The van der Waals surface area contributed by atoms with Crippen molar-refractivity contribution in [3.63, 3.8) is 0 Å². The number of nitrogens with one attached hydrogen (secondary N) is 1. The zero-order chi connectivity index (χ0) is 13.2. The van der Waals surface area contributed by atoms with Gasteiger partial charge in [0, 0.05) is 38.0 Å². The molecule has 3 saturated heterocycles. The second kappa shape index (κ2) is 5.45. The van der Waals surface area contributed by atoms with Crippen molar-refractivity contribution in [2.45, 2.75) is 26.4 Å². The van der Waals surface area contributed by atoms with Gasteiger partial charge < -0.3 is 19.7 Å². The van der Waals surface area contributed by atoms with Gasteiger partial charge in [-0.15, -0.1) is 0 Å². The molecule has 2 atom stereocenters. The van der Waals surface area contributed by atoms with Gasteiger partial charge in [0.1, 0.15) is 5.60 Å². The van der Waals surface area contributed by atoms with Gasteiger partial charge in [-0.1, -0.05) is 0 Å². The van der Waals surface area contributed by atoms with Gasteiger partial charge in [-0.3, -0.25) is 0 Å². The lowest BCUT2D eigenvalue weighted by atomic mass is 10.0. The van der Waals surface area contributed by atoms with E-state index in [-0.39, 0.29) is 6.09 Å². The molecule has 5 heteroatoms. The zero-order valence-electron chi connectivity index (χ0n) is 11.6. The lowest BCUT2D eigenvalue weighted by Gasteiger charge is -2.37. The van der Waals surface area contributed by atoms with Crippen molar-refractivity contribution in [3.05, 3.63) is 0 Å². The van der Waals surface area contributed by atoms with Crippen LogP contribution >= 0.6 is 0 Å². The van der Waals surface area contributed by atoms with Gasteiger partial charge in [-0.25, -0.2) is 4.79 Å². The van der Waals surface area contributed by atoms with Gasteiger partial charge in [0.15, 0.2) is 0 Å². The third-order valence-corrected chi connectivity index (χ3v) is 3.18. The van der Waals surface area contributed by atoms with Crippen molar-refractivity contribution in [2.24, 2.45) is 11.8 Å². The Morgan fingerprint density at radius 1 is 1.22 bits per heavy atom. The number of fused-ring (bicyclic) bond motifs is 6. The standard InChI is InChI=1S/C13H24N2O3/c1-13(2,3)18-12(16)15-6-10-4-14-5-11(7-15)9-17-8-10/h10-11,14H,4-9H2,1-3H3. The summed E-state index contributed by atoms with van der Waals surface area (Å²) in [7, 11) is 0. The van der Waals surface area contributed by atoms with E-state index in [1.54, 1.807) is 0 Å². The molecule has 3 aliphatic rings. The highest BCUT2D eigenvalue weighted by atomic mass is 16.6. The molecular formula is C13H24N2O3. The molecule has 18 heavy (non-hydrogen) atoms. The minimum atomic E-state index is -0.427. The first-order valence-corrected chi connectivity index (χ1v) is 6.70. The predicted octanol–water partition coefficient (Wildman–Crippen LogP) is 1.09. The fourth-order valence-corrected chi connectivity index (χ4v) is 2.42. The van der Waals surface area contributed by atoms with Crippen LogP contribution < -0.4 is 5.32 Å². The molecule has 3 rings (SSSR count). The van der Waals surface area contributed by atoms with Gasteiger partial charge in [0.25, 0.3) is 0 Å². The summed E-state index contributed by atoms with van der Waals surface area (Å²) in [6.07, 6.45) is -0.193. The van der Waals surface area contributed by atoms with Gasteiger partial charge in [-0.05, 0) is 20.8 Å². The van der Waals surface area contributed by atoms with Crippen molar-refractivity contribution in [1.29, 1.82) is 0 Å². The second-order valence-corrected chi connectivity index (χ2v) is 6.31. The summed E-state index contributed by atoms with van der Waals surface area (Å²) < 4.78 is 11.1. The second-order valence-electron chi connectivity index (χ2n) is 6.31. The van der Waals surface area contributed by atoms with Crippen molar-refractivity contribution >= 4 is 6.09 Å². The summed E-state index contributed by atoms with van der Waals surface area (Å²) in [5.41, 5.74) is -0.427. The van der Waals surface area contributed by atoms with Crippen LogP contribution in [-0.2, 0) is 9.47 Å². The molecular weight excluding hydrogens is 232 g/mol. The quantitative estimate of drug-likeness (QED) is 0.705. The fourth-order valence-electron chi connectivity index (χ4n) is 2.42. The Hall–Kier alpha value is -0.810. The molecule has 0 aromatic heterocycles. The molecule has 1 amide bonds. The summed E-state index contributed by atoms with van der Waals surface area (Å²) in [6, 6.07) is 0. The van der Waals surface area contributed by atoms with E-state index in [4.69, 9.17) is 9.47 Å². The van der Waals surface area contributed by atoms with E-state index in [2.05, 4.69) is 5.32 Å². The molecule has 0 spiro atoms.